The summed E-state index contributed by atoms with van der Waals surface area (Å²) in [4.78, 5) is 4.36. The van der Waals surface area contributed by atoms with Crippen molar-refractivity contribution in [2.45, 2.75) is 54.4 Å². The van der Waals surface area contributed by atoms with Crippen LogP contribution in [-0.4, -0.2) is 24.9 Å². The Kier molecular flexibility index (Phi) is 3.00. The predicted molar refractivity (Wildman–Crippen MR) is 74.6 cm³/mol. The first-order valence-electron chi connectivity index (χ1n) is 7.04. The van der Waals surface area contributed by atoms with E-state index in [0.29, 0.717) is 12.0 Å². The van der Waals surface area contributed by atoms with Gasteiger partial charge in [-0.3, -0.25) is 0 Å². The average Bonchev–Trinajstić information content (AvgIpc) is 3.39. The molecule has 2 aromatic rings. The van der Waals surface area contributed by atoms with Gasteiger partial charge in [0.05, 0.1) is 6.61 Å². The SMILES string of the molecule is OCc1cccnc1Sc1nnc(C2CC2)n1C1CC1. The van der Waals surface area contributed by atoms with Crippen molar-refractivity contribution in [3.8, 4) is 0 Å². The molecule has 2 aromatic heterocycles. The summed E-state index contributed by atoms with van der Waals surface area (Å²) in [5, 5.41) is 19.9. The second-order valence-electron chi connectivity index (χ2n) is 5.44. The Bertz CT molecular complexity index is 634. The average molecular weight is 288 g/mol. The standard InChI is InChI=1S/C14H16N4OS/c19-8-10-2-1-7-15-13(10)20-14-17-16-12(9-3-4-9)18(14)11-5-6-11/h1-2,7,9,11,19H,3-6,8H2. The van der Waals surface area contributed by atoms with Gasteiger partial charge in [-0.15, -0.1) is 10.2 Å². The largest absolute Gasteiger partial charge is 0.392 e. The van der Waals surface area contributed by atoms with Crippen molar-refractivity contribution in [2.75, 3.05) is 0 Å². The monoisotopic (exact) mass is 288 g/mol. The molecule has 20 heavy (non-hydrogen) atoms. The van der Waals surface area contributed by atoms with Crippen LogP contribution in [0.15, 0.2) is 28.5 Å². The highest BCUT2D eigenvalue weighted by Gasteiger charge is 2.36. The molecule has 5 nitrogen and oxygen atoms in total. The van der Waals surface area contributed by atoms with Gasteiger partial charge in [0.1, 0.15) is 10.9 Å². The Hall–Kier alpha value is -1.40. The van der Waals surface area contributed by atoms with Gasteiger partial charge in [0, 0.05) is 23.7 Å². The van der Waals surface area contributed by atoms with Gasteiger partial charge in [0.25, 0.3) is 0 Å². The van der Waals surface area contributed by atoms with E-state index in [9.17, 15) is 5.11 Å². The number of aliphatic hydroxyl groups is 1. The van der Waals surface area contributed by atoms with Crippen LogP contribution in [0.1, 0.15) is 49.0 Å². The zero-order chi connectivity index (χ0) is 13.5. The Morgan fingerprint density at radius 3 is 2.80 bits per heavy atom. The molecule has 2 saturated carbocycles. The van der Waals surface area contributed by atoms with Crippen LogP contribution in [0.25, 0.3) is 0 Å². The highest BCUT2D eigenvalue weighted by atomic mass is 32.2. The molecule has 0 unspecified atom stereocenters. The maximum absolute atomic E-state index is 9.39. The van der Waals surface area contributed by atoms with Gasteiger partial charge in [0.15, 0.2) is 5.16 Å². The molecule has 0 amide bonds. The molecule has 1 N–H and O–H groups in total. The van der Waals surface area contributed by atoms with Crippen molar-refractivity contribution in [1.82, 2.24) is 19.7 Å². The molecule has 2 heterocycles. The van der Waals surface area contributed by atoms with Crippen LogP contribution in [0.4, 0.5) is 0 Å². The Morgan fingerprint density at radius 1 is 1.25 bits per heavy atom. The normalized spacial score (nSPS) is 18.4. The van der Waals surface area contributed by atoms with E-state index in [0.717, 1.165) is 21.6 Å². The van der Waals surface area contributed by atoms with E-state index >= 15 is 0 Å². The molecule has 0 saturated heterocycles. The summed E-state index contributed by atoms with van der Waals surface area (Å²) in [7, 11) is 0. The molecular weight excluding hydrogens is 272 g/mol. The second kappa shape index (κ2) is 4.86. The quantitative estimate of drug-likeness (QED) is 0.916. The third-order valence-electron chi connectivity index (χ3n) is 3.75. The molecule has 0 bridgehead atoms. The first-order chi connectivity index (χ1) is 9.86. The number of aromatic nitrogens is 4. The van der Waals surface area contributed by atoms with Crippen LogP contribution in [-0.2, 0) is 6.61 Å². The van der Waals surface area contributed by atoms with Crippen molar-refractivity contribution >= 4 is 11.8 Å². The molecule has 2 aliphatic rings. The van der Waals surface area contributed by atoms with Crippen molar-refractivity contribution in [1.29, 1.82) is 0 Å². The van der Waals surface area contributed by atoms with E-state index in [2.05, 4.69) is 19.7 Å². The zero-order valence-electron chi connectivity index (χ0n) is 11.1. The lowest BCUT2D eigenvalue weighted by molar-refractivity contribution is 0.278. The zero-order valence-corrected chi connectivity index (χ0v) is 11.9. The fourth-order valence-corrected chi connectivity index (χ4v) is 3.35. The van der Waals surface area contributed by atoms with Gasteiger partial charge in [-0.2, -0.15) is 0 Å². The molecule has 0 atom stereocenters. The van der Waals surface area contributed by atoms with Crippen LogP contribution in [0, 0.1) is 0 Å². The van der Waals surface area contributed by atoms with E-state index in [-0.39, 0.29) is 6.61 Å². The lowest BCUT2D eigenvalue weighted by Gasteiger charge is -2.09. The fraction of sp³-hybridized carbons (Fsp3) is 0.500. The molecule has 0 spiro atoms. The molecule has 2 fully saturated rings. The van der Waals surface area contributed by atoms with E-state index in [1.165, 1.54) is 37.4 Å². The molecule has 6 heteroatoms. The van der Waals surface area contributed by atoms with Gasteiger partial charge >= 0.3 is 0 Å². The fourth-order valence-electron chi connectivity index (χ4n) is 2.38. The molecule has 0 aromatic carbocycles. The highest BCUT2D eigenvalue weighted by Crippen LogP contribution is 2.46. The second-order valence-corrected chi connectivity index (χ2v) is 6.40. The van der Waals surface area contributed by atoms with Crippen molar-refractivity contribution in [2.24, 2.45) is 0 Å². The van der Waals surface area contributed by atoms with Crippen molar-refractivity contribution in [3.05, 3.63) is 29.7 Å². The number of pyridine rings is 1. The molecule has 2 aliphatic carbocycles. The number of hydrogen-bond acceptors (Lipinski definition) is 5. The maximum Gasteiger partial charge on any atom is 0.197 e. The van der Waals surface area contributed by atoms with Crippen LogP contribution in [0.5, 0.6) is 0 Å². The Balaban J connectivity index is 1.68. The van der Waals surface area contributed by atoms with Gasteiger partial charge in [-0.05, 0) is 43.5 Å². The summed E-state index contributed by atoms with van der Waals surface area (Å²) in [6.07, 6.45) is 6.67. The summed E-state index contributed by atoms with van der Waals surface area (Å²) >= 11 is 1.52. The summed E-state index contributed by atoms with van der Waals surface area (Å²) in [5.74, 6) is 1.76. The third kappa shape index (κ3) is 2.23. The topological polar surface area (TPSA) is 63.8 Å². The summed E-state index contributed by atoms with van der Waals surface area (Å²) < 4.78 is 2.30. The lowest BCUT2D eigenvalue weighted by atomic mass is 10.3. The van der Waals surface area contributed by atoms with Gasteiger partial charge in [0.2, 0.25) is 0 Å². The van der Waals surface area contributed by atoms with Crippen molar-refractivity contribution < 1.29 is 5.11 Å². The number of nitrogens with zero attached hydrogens (tertiary/aromatic N) is 4. The van der Waals surface area contributed by atoms with Crippen LogP contribution in [0.3, 0.4) is 0 Å². The number of rotatable bonds is 5. The highest BCUT2D eigenvalue weighted by molar-refractivity contribution is 7.99. The molecule has 0 radical (unpaired) electrons. The molecule has 0 aliphatic heterocycles. The van der Waals surface area contributed by atoms with Crippen molar-refractivity contribution in [3.63, 3.8) is 0 Å². The van der Waals surface area contributed by atoms with E-state index < -0.39 is 0 Å². The van der Waals surface area contributed by atoms with Gasteiger partial charge < -0.3 is 9.67 Å². The van der Waals surface area contributed by atoms with Crippen LogP contribution >= 0.6 is 11.8 Å². The van der Waals surface area contributed by atoms with E-state index in [1.54, 1.807) is 6.20 Å². The minimum atomic E-state index is 0.00320. The lowest BCUT2D eigenvalue weighted by Crippen LogP contribution is -2.02. The first kappa shape index (κ1) is 12.3. The van der Waals surface area contributed by atoms with Gasteiger partial charge in [-0.1, -0.05) is 6.07 Å². The summed E-state index contributed by atoms with van der Waals surface area (Å²) in [6.45, 7) is 0.00320. The molecule has 104 valence electrons. The third-order valence-corrected chi connectivity index (χ3v) is 4.78. The van der Waals surface area contributed by atoms with Gasteiger partial charge in [-0.25, -0.2) is 4.98 Å². The minimum absolute atomic E-state index is 0.00320. The predicted octanol–water partition coefficient (Wildman–Crippen LogP) is 2.53. The number of hydrogen-bond donors (Lipinski definition) is 1. The Morgan fingerprint density at radius 2 is 2.10 bits per heavy atom. The molecule has 4 rings (SSSR count). The summed E-state index contributed by atoms with van der Waals surface area (Å²) in [5.41, 5.74) is 0.843. The maximum atomic E-state index is 9.39. The Labute approximate surface area is 121 Å². The minimum Gasteiger partial charge on any atom is -0.392 e. The van der Waals surface area contributed by atoms with E-state index in [1.807, 2.05) is 12.1 Å². The smallest absolute Gasteiger partial charge is 0.197 e. The number of aliphatic hydroxyl groups excluding tert-OH is 1. The first-order valence-corrected chi connectivity index (χ1v) is 7.86. The van der Waals surface area contributed by atoms with Crippen LogP contribution in [0.2, 0.25) is 0 Å². The van der Waals surface area contributed by atoms with Crippen LogP contribution < -0.4 is 0 Å². The van der Waals surface area contributed by atoms with E-state index in [4.69, 9.17) is 0 Å². The molecular formula is C14H16N4OS. The summed E-state index contributed by atoms with van der Waals surface area (Å²) in [6, 6.07) is 4.32.